The van der Waals surface area contributed by atoms with Crippen molar-refractivity contribution in [2.24, 2.45) is 4.99 Å². The molecule has 0 aliphatic carbocycles. The van der Waals surface area contributed by atoms with E-state index in [2.05, 4.69) is 81.4 Å². The molecule has 3 rings (SSSR count). The maximum Gasteiger partial charge on any atom is 0.191 e. The van der Waals surface area contributed by atoms with Gasteiger partial charge in [-0.05, 0) is 38.3 Å². The van der Waals surface area contributed by atoms with Gasteiger partial charge in [0.05, 0.1) is 23.3 Å². The second-order valence-corrected chi connectivity index (χ2v) is 8.04. The Bertz CT molecular complexity index is 924. The lowest BCUT2D eigenvalue weighted by atomic mass is 10.2. The largest absolute Gasteiger partial charge is 0.357 e. The Balaban J connectivity index is 1.53. The van der Waals surface area contributed by atoms with Crippen LogP contribution < -0.4 is 10.6 Å². The van der Waals surface area contributed by atoms with Crippen LogP contribution in [0.5, 0.6) is 0 Å². The van der Waals surface area contributed by atoms with Crippen LogP contribution in [0.25, 0.3) is 11.0 Å². The summed E-state index contributed by atoms with van der Waals surface area (Å²) in [6, 6.07) is 8.30. The van der Waals surface area contributed by atoms with Crippen molar-refractivity contribution < 1.29 is 0 Å². The smallest absolute Gasteiger partial charge is 0.191 e. The molecular formula is C21H30N6S. The Kier molecular flexibility index (Phi) is 7.03. The van der Waals surface area contributed by atoms with Gasteiger partial charge in [-0.3, -0.25) is 0 Å². The normalized spacial score (nSPS) is 12.1. The molecule has 0 spiro atoms. The molecule has 0 aliphatic rings. The molecule has 0 fully saturated rings. The fourth-order valence-corrected chi connectivity index (χ4v) is 3.95. The highest BCUT2D eigenvalue weighted by Gasteiger charge is 2.07. The van der Waals surface area contributed by atoms with Gasteiger partial charge in [-0.2, -0.15) is 0 Å². The Morgan fingerprint density at radius 2 is 2.04 bits per heavy atom. The molecule has 0 saturated carbocycles. The lowest BCUT2D eigenvalue weighted by Crippen LogP contribution is -2.38. The number of nitrogens with zero attached hydrogens (tertiary/aromatic N) is 4. The number of imidazole rings is 1. The second kappa shape index (κ2) is 9.68. The predicted octanol–water partition coefficient (Wildman–Crippen LogP) is 4.07. The third-order valence-corrected chi connectivity index (χ3v) is 5.43. The average Bonchev–Trinajstić information content (AvgIpc) is 3.27. The minimum atomic E-state index is 0.461. The van der Waals surface area contributed by atoms with E-state index in [0.29, 0.717) is 12.5 Å². The molecule has 1 aromatic carbocycles. The van der Waals surface area contributed by atoms with E-state index in [-0.39, 0.29) is 0 Å². The Morgan fingerprint density at radius 3 is 2.79 bits per heavy atom. The molecule has 2 aromatic heterocycles. The molecular weight excluding hydrogens is 368 g/mol. The molecule has 6 nitrogen and oxygen atoms in total. The van der Waals surface area contributed by atoms with E-state index in [4.69, 9.17) is 0 Å². The minimum Gasteiger partial charge on any atom is -0.357 e. The first-order valence-electron chi connectivity index (χ1n) is 9.96. The number of aliphatic imine (C=N–C) groups is 1. The standard InChI is InChI=1S/C21H30N6S/c1-5-22-21(24-13-20-26-18(14-28-20)15(2)3)23-11-8-12-27-16(4)25-17-9-6-7-10-19(17)27/h6-7,9-10,14-15H,5,8,11-13H2,1-4H3,(H2,22,23,24). The first-order valence-corrected chi connectivity index (χ1v) is 10.8. The van der Waals surface area contributed by atoms with E-state index in [1.54, 1.807) is 11.3 Å². The van der Waals surface area contributed by atoms with Crippen LogP contribution in [0.4, 0.5) is 0 Å². The van der Waals surface area contributed by atoms with Gasteiger partial charge in [-0.25, -0.2) is 15.0 Å². The highest BCUT2D eigenvalue weighted by atomic mass is 32.1. The van der Waals surface area contributed by atoms with Gasteiger partial charge in [0.2, 0.25) is 0 Å². The summed E-state index contributed by atoms with van der Waals surface area (Å²) in [6.45, 7) is 11.7. The number of fused-ring (bicyclic) bond motifs is 1. The zero-order valence-corrected chi connectivity index (χ0v) is 18.0. The predicted molar refractivity (Wildman–Crippen MR) is 118 cm³/mol. The Morgan fingerprint density at radius 1 is 1.21 bits per heavy atom. The maximum atomic E-state index is 4.68. The molecule has 0 saturated heterocycles. The quantitative estimate of drug-likeness (QED) is 0.341. The molecule has 150 valence electrons. The van der Waals surface area contributed by atoms with Crippen molar-refractivity contribution in [2.45, 2.75) is 53.1 Å². The number of thiazole rings is 1. The maximum absolute atomic E-state index is 4.68. The number of rotatable bonds is 8. The van der Waals surface area contributed by atoms with E-state index in [0.717, 1.165) is 54.1 Å². The zero-order chi connectivity index (χ0) is 19.9. The van der Waals surface area contributed by atoms with Crippen LogP contribution in [-0.4, -0.2) is 33.6 Å². The van der Waals surface area contributed by atoms with Crippen LogP contribution in [0.1, 0.15) is 49.6 Å². The number of aromatic nitrogens is 3. The fourth-order valence-electron chi connectivity index (χ4n) is 3.07. The van der Waals surface area contributed by atoms with Crippen molar-refractivity contribution in [2.75, 3.05) is 13.1 Å². The molecule has 2 N–H and O–H groups in total. The van der Waals surface area contributed by atoms with E-state index in [1.807, 2.05) is 6.07 Å². The number of hydrogen-bond acceptors (Lipinski definition) is 4. The lowest BCUT2D eigenvalue weighted by molar-refractivity contribution is 0.624. The van der Waals surface area contributed by atoms with Crippen LogP contribution >= 0.6 is 11.3 Å². The monoisotopic (exact) mass is 398 g/mol. The first kappa shape index (κ1) is 20.3. The lowest BCUT2D eigenvalue weighted by Gasteiger charge is -2.12. The van der Waals surface area contributed by atoms with Crippen LogP contribution in [0.15, 0.2) is 34.6 Å². The first-order chi connectivity index (χ1) is 13.6. The molecule has 0 radical (unpaired) electrons. The van der Waals surface area contributed by atoms with Crippen molar-refractivity contribution >= 4 is 28.3 Å². The van der Waals surface area contributed by atoms with E-state index >= 15 is 0 Å². The summed E-state index contributed by atoms with van der Waals surface area (Å²) >= 11 is 1.68. The third-order valence-electron chi connectivity index (χ3n) is 4.57. The Hall–Kier alpha value is -2.41. The van der Waals surface area contributed by atoms with Gasteiger partial charge in [-0.1, -0.05) is 26.0 Å². The highest BCUT2D eigenvalue weighted by Crippen LogP contribution is 2.18. The van der Waals surface area contributed by atoms with E-state index in [1.165, 1.54) is 5.52 Å². The fraction of sp³-hybridized carbons (Fsp3) is 0.476. The van der Waals surface area contributed by atoms with Gasteiger partial charge < -0.3 is 15.2 Å². The van der Waals surface area contributed by atoms with Gasteiger partial charge in [0.1, 0.15) is 10.8 Å². The molecule has 7 heteroatoms. The molecule has 3 aromatic rings. The minimum absolute atomic E-state index is 0.461. The van der Waals surface area contributed by atoms with Crippen LogP contribution in [-0.2, 0) is 13.1 Å². The van der Waals surface area contributed by atoms with Crippen LogP contribution in [0, 0.1) is 6.92 Å². The van der Waals surface area contributed by atoms with Crippen LogP contribution in [0.3, 0.4) is 0 Å². The third kappa shape index (κ3) is 5.10. The van der Waals surface area contributed by atoms with Gasteiger partial charge >= 0.3 is 0 Å². The van der Waals surface area contributed by atoms with Crippen molar-refractivity contribution in [1.82, 2.24) is 25.2 Å². The van der Waals surface area contributed by atoms with Gasteiger partial charge in [0, 0.05) is 25.0 Å². The highest BCUT2D eigenvalue weighted by molar-refractivity contribution is 7.09. The molecule has 0 atom stereocenters. The number of para-hydroxylation sites is 2. The number of aryl methyl sites for hydroxylation is 2. The summed E-state index contributed by atoms with van der Waals surface area (Å²) in [5.41, 5.74) is 3.41. The molecule has 0 amide bonds. The average molecular weight is 399 g/mol. The summed E-state index contributed by atoms with van der Waals surface area (Å²) in [7, 11) is 0. The van der Waals surface area contributed by atoms with Gasteiger partial charge in [0.25, 0.3) is 0 Å². The van der Waals surface area contributed by atoms with Crippen molar-refractivity contribution in [1.29, 1.82) is 0 Å². The second-order valence-electron chi connectivity index (χ2n) is 7.10. The topological polar surface area (TPSA) is 67.1 Å². The molecule has 28 heavy (non-hydrogen) atoms. The number of guanidine groups is 1. The summed E-state index contributed by atoms with van der Waals surface area (Å²) in [6.07, 6.45) is 1.00. The summed E-state index contributed by atoms with van der Waals surface area (Å²) in [4.78, 5) is 14.0. The van der Waals surface area contributed by atoms with Gasteiger partial charge in [-0.15, -0.1) is 11.3 Å². The molecule has 0 aliphatic heterocycles. The van der Waals surface area contributed by atoms with Crippen LogP contribution in [0.2, 0.25) is 0 Å². The van der Waals surface area contributed by atoms with Gasteiger partial charge in [0.15, 0.2) is 5.96 Å². The van der Waals surface area contributed by atoms with E-state index < -0.39 is 0 Å². The molecule has 0 bridgehead atoms. The SMILES string of the molecule is CCNC(=NCc1nc(C(C)C)cs1)NCCCn1c(C)nc2ccccc21. The Labute approximate surface area is 171 Å². The summed E-state index contributed by atoms with van der Waals surface area (Å²) < 4.78 is 2.28. The summed E-state index contributed by atoms with van der Waals surface area (Å²) in [5.74, 6) is 2.37. The van der Waals surface area contributed by atoms with Crippen molar-refractivity contribution in [3.8, 4) is 0 Å². The number of benzene rings is 1. The summed E-state index contributed by atoms with van der Waals surface area (Å²) in [5, 5.41) is 9.94. The zero-order valence-electron chi connectivity index (χ0n) is 17.2. The number of nitrogens with one attached hydrogen (secondary N) is 2. The molecule has 2 heterocycles. The van der Waals surface area contributed by atoms with Crippen molar-refractivity contribution in [3.05, 3.63) is 46.2 Å². The molecule has 0 unspecified atom stereocenters. The van der Waals surface area contributed by atoms with E-state index in [9.17, 15) is 0 Å². The number of hydrogen-bond donors (Lipinski definition) is 2. The van der Waals surface area contributed by atoms with Crippen molar-refractivity contribution in [3.63, 3.8) is 0 Å².